The maximum Gasteiger partial charge on any atom is 0.242 e. The van der Waals surface area contributed by atoms with Gasteiger partial charge in [0.05, 0.1) is 13.2 Å². The van der Waals surface area contributed by atoms with Crippen LogP contribution in [-0.2, 0) is 16.1 Å². The van der Waals surface area contributed by atoms with E-state index in [4.69, 9.17) is 4.74 Å². The Morgan fingerprint density at radius 2 is 2.08 bits per heavy atom. The van der Waals surface area contributed by atoms with Crippen LogP contribution in [0.15, 0.2) is 42.7 Å². The molecule has 1 saturated heterocycles. The molecule has 1 aromatic heterocycles. The molecule has 1 fully saturated rings. The van der Waals surface area contributed by atoms with Gasteiger partial charge in [0.15, 0.2) is 0 Å². The molecule has 1 amide bonds. The summed E-state index contributed by atoms with van der Waals surface area (Å²) in [6.07, 6.45) is 3.30. The highest BCUT2D eigenvalue weighted by Crippen LogP contribution is 2.22. The molecule has 0 aliphatic carbocycles. The van der Waals surface area contributed by atoms with Crippen LogP contribution in [-0.4, -0.2) is 42.1 Å². The van der Waals surface area contributed by atoms with E-state index in [0.29, 0.717) is 26.3 Å². The van der Waals surface area contributed by atoms with Crippen molar-refractivity contribution >= 4 is 5.91 Å². The van der Waals surface area contributed by atoms with Crippen LogP contribution in [0.1, 0.15) is 17.2 Å². The summed E-state index contributed by atoms with van der Waals surface area (Å²) in [7, 11) is 0. The molecule has 1 aromatic carbocycles. The number of hydrogen-bond acceptors (Lipinski definition) is 4. The van der Waals surface area contributed by atoms with Gasteiger partial charge in [-0.25, -0.2) is 8.78 Å². The number of pyridine rings is 1. The molecule has 25 heavy (non-hydrogen) atoms. The first-order valence-electron chi connectivity index (χ1n) is 8.08. The predicted octanol–water partition coefficient (Wildman–Crippen LogP) is 2.05. The Hall–Kier alpha value is -2.38. The lowest BCUT2D eigenvalue weighted by atomic mass is 10.1. The molecule has 2 heterocycles. The van der Waals surface area contributed by atoms with E-state index in [2.05, 4.69) is 10.3 Å². The molecule has 0 saturated carbocycles. The highest BCUT2D eigenvalue weighted by molar-refractivity contribution is 5.83. The minimum atomic E-state index is -0.676. The molecule has 0 unspecified atom stereocenters. The van der Waals surface area contributed by atoms with Gasteiger partial charge in [0.2, 0.25) is 5.91 Å². The number of aromatic nitrogens is 1. The molecule has 3 rings (SSSR count). The third-order valence-electron chi connectivity index (χ3n) is 4.13. The van der Waals surface area contributed by atoms with Gasteiger partial charge in [-0.1, -0.05) is 12.1 Å². The van der Waals surface area contributed by atoms with Gasteiger partial charge < -0.3 is 10.1 Å². The highest BCUT2D eigenvalue weighted by Gasteiger charge is 2.29. The first-order valence-corrected chi connectivity index (χ1v) is 8.08. The molecule has 7 heteroatoms. The molecule has 0 bridgehead atoms. The second-order valence-corrected chi connectivity index (χ2v) is 5.79. The second-order valence-electron chi connectivity index (χ2n) is 5.79. The number of carbonyl (C=O) groups is 1. The quantitative estimate of drug-likeness (QED) is 0.899. The highest BCUT2D eigenvalue weighted by atomic mass is 19.1. The van der Waals surface area contributed by atoms with Crippen LogP contribution in [0, 0.1) is 11.6 Å². The SMILES string of the molecule is O=C(NCc1ccc(F)cc1F)[C@@H](c1cccnc1)N1CCOCC1. The third kappa shape index (κ3) is 4.37. The minimum Gasteiger partial charge on any atom is -0.379 e. The van der Waals surface area contributed by atoms with E-state index in [1.165, 1.54) is 12.1 Å². The summed E-state index contributed by atoms with van der Waals surface area (Å²) in [5.74, 6) is -1.57. The zero-order valence-electron chi connectivity index (χ0n) is 13.6. The molecule has 0 spiro atoms. The Morgan fingerprint density at radius 3 is 2.76 bits per heavy atom. The summed E-state index contributed by atoms with van der Waals surface area (Å²) < 4.78 is 32.1. The molecule has 1 aliphatic heterocycles. The zero-order chi connectivity index (χ0) is 17.6. The molecular weight excluding hydrogens is 328 g/mol. The number of nitrogens with zero attached hydrogens (tertiary/aromatic N) is 2. The Bertz CT molecular complexity index is 722. The van der Waals surface area contributed by atoms with E-state index in [9.17, 15) is 13.6 Å². The van der Waals surface area contributed by atoms with E-state index in [1.807, 2.05) is 11.0 Å². The Morgan fingerprint density at radius 1 is 1.28 bits per heavy atom. The number of nitrogens with one attached hydrogen (secondary N) is 1. The van der Waals surface area contributed by atoms with Gasteiger partial charge in [0.25, 0.3) is 0 Å². The lowest BCUT2D eigenvalue weighted by molar-refractivity contribution is -0.128. The summed E-state index contributed by atoms with van der Waals surface area (Å²) in [5, 5.41) is 2.74. The van der Waals surface area contributed by atoms with Crippen molar-refractivity contribution < 1.29 is 18.3 Å². The van der Waals surface area contributed by atoms with Crippen molar-refractivity contribution in [1.82, 2.24) is 15.2 Å². The summed E-state index contributed by atoms with van der Waals surface area (Å²) in [4.78, 5) is 18.9. The largest absolute Gasteiger partial charge is 0.379 e. The van der Waals surface area contributed by atoms with E-state index >= 15 is 0 Å². The van der Waals surface area contributed by atoms with Gasteiger partial charge in [0, 0.05) is 43.7 Å². The van der Waals surface area contributed by atoms with Gasteiger partial charge in [0.1, 0.15) is 17.7 Å². The lowest BCUT2D eigenvalue weighted by Gasteiger charge is -2.33. The number of hydrogen-bond donors (Lipinski definition) is 1. The molecule has 1 aliphatic rings. The Kier molecular flexibility index (Phi) is 5.67. The van der Waals surface area contributed by atoms with Gasteiger partial charge in [-0.3, -0.25) is 14.7 Å². The van der Waals surface area contributed by atoms with Gasteiger partial charge in [-0.15, -0.1) is 0 Å². The molecule has 1 atom stereocenters. The van der Waals surface area contributed by atoms with Crippen molar-refractivity contribution in [1.29, 1.82) is 0 Å². The van der Waals surface area contributed by atoms with Crippen molar-refractivity contribution in [3.63, 3.8) is 0 Å². The van der Waals surface area contributed by atoms with Crippen LogP contribution in [0.2, 0.25) is 0 Å². The van der Waals surface area contributed by atoms with Crippen LogP contribution < -0.4 is 5.32 Å². The molecular formula is C18H19F2N3O2. The van der Waals surface area contributed by atoms with Gasteiger partial charge in [-0.05, 0) is 17.7 Å². The van der Waals surface area contributed by atoms with Crippen molar-refractivity contribution in [2.24, 2.45) is 0 Å². The third-order valence-corrected chi connectivity index (χ3v) is 4.13. The number of amides is 1. The number of carbonyl (C=O) groups excluding carboxylic acids is 1. The minimum absolute atomic E-state index is 0.00789. The van der Waals surface area contributed by atoms with Crippen LogP contribution in [0.4, 0.5) is 8.78 Å². The number of rotatable bonds is 5. The van der Waals surface area contributed by atoms with E-state index < -0.39 is 17.7 Å². The van der Waals surface area contributed by atoms with Crippen LogP contribution in [0.25, 0.3) is 0 Å². The normalized spacial score (nSPS) is 16.4. The molecule has 0 radical (unpaired) electrons. The smallest absolute Gasteiger partial charge is 0.242 e. The fourth-order valence-electron chi connectivity index (χ4n) is 2.85. The topological polar surface area (TPSA) is 54.5 Å². The first-order chi connectivity index (χ1) is 12.1. The maximum atomic E-state index is 13.8. The van der Waals surface area contributed by atoms with E-state index in [0.717, 1.165) is 11.6 Å². The van der Waals surface area contributed by atoms with Crippen molar-refractivity contribution in [2.75, 3.05) is 26.3 Å². The summed E-state index contributed by atoms with van der Waals surface area (Å²) in [5.41, 5.74) is 1.00. The monoisotopic (exact) mass is 347 g/mol. The van der Waals surface area contributed by atoms with Crippen LogP contribution >= 0.6 is 0 Å². The lowest BCUT2D eigenvalue weighted by Crippen LogP contribution is -2.45. The molecule has 1 N–H and O–H groups in total. The van der Waals surface area contributed by atoms with E-state index in [-0.39, 0.29) is 18.0 Å². The fraction of sp³-hybridized carbons (Fsp3) is 0.333. The molecule has 5 nitrogen and oxygen atoms in total. The fourth-order valence-corrected chi connectivity index (χ4v) is 2.85. The summed E-state index contributed by atoms with van der Waals surface area (Å²) >= 11 is 0. The number of ether oxygens (including phenoxy) is 1. The predicted molar refractivity (Wildman–Crippen MR) is 87.6 cm³/mol. The number of halogens is 2. The average molecular weight is 347 g/mol. The maximum absolute atomic E-state index is 13.8. The van der Waals surface area contributed by atoms with E-state index in [1.54, 1.807) is 18.5 Å². The Labute approximate surface area is 144 Å². The van der Waals surface area contributed by atoms with Gasteiger partial charge in [-0.2, -0.15) is 0 Å². The van der Waals surface area contributed by atoms with Crippen LogP contribution in [0.3, 0.4) is 0 Å². The molecule has 132 valence electrons. The zero-order valence-corrected chi connectivity index (χ0v) is 13.6. The molecule has 2 aromatic rings. The Balaban J connectivity index is 1.74. The first kappa shape index (κ1) is 17.4. The van der Waals surface area contributed by atoms with Crippen molar-refractivity contribution in [3.8, 4) is 0 Å². The van der Waals surface area contributed by atoms with Crippen LogP contribution in [0.5, 0.6) is 0 Å². The average Bonchev–Trinajstić information content (AvgIpc) is 2.63. The summed E-state index contributed by atoms with van der Waals surface area (Å²) in [6.45, 7) is 2.34. The van der Waals surface area contributed by atoms with Crippen molar-refractivity contribution in [3.05, 3.63) is 65.5 Å². The standard InChI is InChI=1S/C18H19F2N3O2/c19-15-4-3-13(16(20)10-15)12-22-18(24)17(14-2-1-5-21-11-14)23-6-8-25-9-7-23/h1-5,10-11,17H,6-9,12H2,(H,22,24)/t17-/m1/s1. The number of benzene rings is 1. The number of morpholine rings is 1. The summed E-state index contributed by atoms with van der Waals surface area (Å²) in [6, 6.07) is 6.40. The van der Waals surface area contributed by atoms with Gasteiger partial charge >= 0.3 is 0 Å². The van der Waals surface area contributed by atoms with Crippen molar-refractivity contribution in [2.45, 2.75) is 12.6 Å². The second kappa shape index (κ2) is 8.13.